The van der Waals surface area contributed by atoms with Crippen LogP contribution in [0.4, 0.5) is 5.82 Å². The van der Waals surface area contributed by atoms with Crippen LogP contribution in [0.3, 0.4) is 0 Å². The van der Waals surface area contributed by atoms with Gasteiger partial charge in [-0.3, -0.25) is 4.57 Å². The van der Waals surface area contributed by atoms with Crippen LogP contribution in [-0.4, -0.2) is 61.8 Å². The van der Waals surface area contributed by atoms with Gasteiger partial charge in [0, 0.05) is 0 Å². The monoisotopic (exact) mass is 351 g/mol. The molecular weight excluding hydrogens is 326 g/mol. The first kappa shape index (κ1) is 18.0. The van der Waals surface area contributed by atoms with Crippen LogP contribution >= 0.6 is 0 Å². The number of aliphatic hydroxyl groups excluding tert-OH is 1. The summed E-state index contributed by atoms with van der Waals surface area (Å²) in [7, 11) is 0. The minimum Gasteiger partial charge on any atom is -0.386 e. The normalized spacial score (nSPS) is 27.0. The lowest BCUT2D eigenvalue weighted by Crippen LogP contribution is -2.38. The van der Waals surface area contributed by atoms with Gasteiger partial charge in [0.2, 0.25) is 0 Å². The molecule has 1 aliphatic rings. The van der Waals surface area contributed by atoms with Gasteiger partial charge >= 0.3 is 0 Å². The van der Waals surface area contributed by atoms with Crippen molar-refractivity contribution in [1.82, 2.24) is 19.5 Å². The summed E-state index contributed by atoms with van der Waals surface area (Å²) >= 11 is 0. The number of imidazole rings is 1. The fourth-order valence-corrected chi connectivity index (χ4v) is 2.91. The minimum atomic E-state index is -0.892. The Bertz CT molecular complexity index is 720. The van der Waals surface area contributed by atoms with Gasteiger partial charge in [0.25, 0.3) is 0 Å². The summed E-state index contributed by atoms with van der Waals surface area (Å²) < 4.78 is 19.3. The van der Waals surface area contributed by atoms with Gasteiger partial charge in [0.05, 0.1) is 25.1 Å². The number of ether oxygens (including phenoxy) is 3. The first-order chi connectivity index (χ1) is 11.9. The molecule has 1 saturated heterocycles. The van der Waals surface area contributed by atoms with E-state index >= 15 is 0 Å². The summed E-state index contributed by atoms with van der Waals surface area (Å²) in [6, 6.07) is 0. The zero-order valence-electron chi connectivity index (χ0n) is 14.9. The van der Waals surface area contributed by atoms with E-state index in [0.29, 0.717) is 17.8 Å². The Morgan fingerprint density at radius 2 is 2.00 bits per heavy atom. The standard InChI is InChI=1S/C16H25N5O4/c1-8(2)23-5-10-13(24-9(3)4)12(22)16(25-10)21-7-20-11-14(17)18-6-19-15(11)21/h6-10,12-13,16,22H,5H2,1-4H3,(H2,17,18,19)/t10-,12+,13-,16-/m1/s1. The summed E-state index contributed by atoms with van der Waals surface area (Å²) in [5.74, 6) is 0.283. The number of anilines is 1. The number of hydrogen-bond donors (Lipinski definition) is 2. The highest BCUT2D eigenvalue weighted by molar-refractivity contribution is 5.81. The molecule has 0 aliphatic carbocycles. The number of aliphatic hydroxyl groups is 1. The lowest BCUT2D eigenvalue weighted by molar-refractivity contribution is -0.0973. The molecule has 0 bridgehead atoms. The van der Waals surface area contributed by atoms with Gasteiger partial charge in [-0.1, -0.05) is 0 Å². The molecule has 2 aromatic heterocycles. The van der Waals surface area contributed by atoms with Crippen molar-refractivity contribution in [2.45, 2.75) is 64.4 Å². The number of aromatic nitrogens is 4. The Balaban J connectivity index is 1.89. The van der Waals surface area contributed by atoms with Crippen molar-refractivity contribution in [3.8, 4) is 0 Å². The molecule has 1 aliphatic heterocycles. The molecule has 0 unspecified atom stereocenters. The topological polar surface area (TPSA) is 118 Å². The third kappa shape index (κ3) is 3.59. The number of nitrogen functional groups attached to an aromatic ring is 1. The molecule has 0 spiro atoms. The Labute approximate surface area is 146 Å². The number of fused-ring (bicyclic) bond motifs is 1. The smallest absolute Gasteiger partial charge is 0.167 e. The third-order valence-corrected chi connectivity index (χ3v) is 3.99. The van der Waals surface area contributed by atoms with Crippen LogP contribution in [0.15, 0.2) is 12.7 Å². The molecular formula is C16H25N5O4. The molecule has 138 valence electrons. The zero-order chi connectivity index (χ0) is 18.1. The largest absolute Gasteiger partial charge is 0.386 e. The van der Waals surface area contributed by atoms with Crippen LogP contribution in [0, 0.1) is 0 Å². The maximum atomic E-state index is 10.8. The molecule has 3 heterocycles. The highest BCUT2D eigenvalue weighted by Crippen LogP contribution is 2.34. The van der Waals surface area contributed by atoms with Gasteiger partial charge in [0.15, 0.2) is 17.7 Å². The molecule has 0 saturated carbocycles. The SMILES string of the molecule is CC(C)OC[C@H]1O[C@@H](n2cnc3c(N)ncnc32)[C@@H](O)[C@@H]1OC(C)C. The van der Waals surface area contributed by atoms with Crippen LogP contribution in [-0.2, 0) is 14.2 Å². The molecule has 0 amide bonds. The fourth-order valence-electron chi connectivity index (χ4n) is 2.91. The summed E-state index contributed by atoms with van der Waals surface area (Å²) in [4.78, 5) is 12.4. The van der Waals surface area contributed by atoms with Gasteiger partial charge in [0.1, 0.15) is 30.2 Å². The highest BCUT2D eigenvalue weighted by Gasteiger charge is 2.46. The Morgan fingerprint density at radius 3 is 2.68 bits per heavy atom. The molecule has 3 rings (SSSR count). The molecule has 1 fully saturated rings. The Kier molecular flexibility index (Phi) is 5.19. The maximum absolute atomic E-state index is 10.8. The second-order valence-electron chi connectivity index (χ2n) is 6.67. The van der Waals surface area contributed by atoms with E-state index in [1.807, 2.05) is 27.7 Å². The van der Waals surface area contributed by atoms with Crippen LogP contribution in [0.25, 0.3) is 11.2 Å². The first-order valence-corrected chi connectivity index (χ1v) is 8.42. The van der Waals surface area contributed by atoms with E-state index in [4.69, 9.17) is 19.9 Å². The first-order valence-electron chi connectivity index (χ1n) is 8.42. The average Bonchev–Trinajstić information content (AvgIpc) is 3.09. The lowest BCUT2D eigenvalue weighted by Gasteiger charge is -2.23. The third-order valence-electron chi connectivity index (χ3n) is 3.99. The predicted octanol–water partition coefficient (Wildman–Crippen LogP) is 0.885. The van der Waals surface area contributed by atoms with Crippen molar-refractivity contribution in [3.05, 3.63) is 12.7 Å². The highest BCUT2D eigenvalue weighted by atomic mass is 16.6. The van der Waals surface area contributed by atoms with E-state index < -0.39 is 24.5 Å². The second kappa shape index (κ2) is 7.20. The van der Waals surface area contributed by atoms with Crippen LogP contribution < -0.4 is 5.73 Å². The quantitative estimate of drug-likeness (QED) is 0.788. The van der Waals surface area contributed by atoms with Gasteiger partial charge < -0.3 is 25.1 Å². The summed E-state index contributed by atoms with van der Waals surface area (Å²) in [6.07, 6.45) is 0.407. The molecule has 9 nitrogen and oxygen atoms in total. The van der Waals surface area contributed by atoms with Crippen molar-refractivity contribution in [1.29, 1.82) is 0 Å². The number of nitrogens with two attached hydrogens (primary N) is 1. The van der Waals surface area contributed by atoms with Crippen molar-refractivity contribution in [2.24, 2.45) is 0 Å². The van der Waals surface area contributed by atoms with Crippen LogP contribution in [0.5, 0.6) is 0 Å². The summed E-state index contributed by atoms with van der Waals surface area (Å²) in [5.41, 5.74) is 6.81. The van der Waals surface area contributed by atoms with Crippen molar-refractivity contribution < 1.29 is 19.3 Å². The Hall–Kier alpha value is -1.81. The minimum absolute atomic E-state index is 0.0546. The molecule has 25 heavy (non-hydrogen) atoms. The fraction of sp³-hybridized carbons (Fsp3) is 0.688. The lowest BCUT2D eigenvalue weighted by atomic mass is 10.1. The molecule has 4 atom stereocenters. The van der Waals surface area contributed by atoms with E-state index in [0.717, 1.165) is 0 Å². The zero-order valence-corrected chi connectivity index (χ0v) is 14.9. The van der Waals surface area contributed by atoms with E-state index in [2.05, 4.69) is 15.0 Å². The molecule has 2 aromatic rings. The van der Waals surface area contributed by atoms with E-state index in [-0.39, 0.29) is 18.0 Å². The van der Waals surface area contributed by atoms with Crippen molar-refractivity contribution >= 4 is 17.0 Å². The number of rotatable bonds is 6. The molecule has 0 radical (unpaired) electrons. The Morgan fingerprint density at radius 1 is 1.24 bits per heavy atom. The van der Waals surface area contributed by atoms with Gasteiger partial charge in [-0.15, -0.1) is 0 Å². The van der Waals surface area contributed by atoms with E-state index in [9.17, 15) is 5.11 Å². The van der Waals surface area contributed by atoms with Gasteiger partial charge in [-0.25, -0.2) is 15.0 Å². The van der Waals surface area contributed by atoms with Crippen molar-refractivity contribution in [2.75, 3.05) is 12.3 Å². The maximum Gasteiger partial charge on any atom is 0.167 e. The number of nitrogens with zero attached hydrogens (tertiary/aromatic N) is 4. The van der Waals surface area contributed by atoms with Crippen LogP contribution in [0.2, 0.25) is 0 Å². The molecule has 3 N–H and O–H groups in total. The molecule has 0 aromatic carbocycles. The van der Waals surface area contributed by atoms with Gasteiger partial charge in [-0.05, 0) is 27.7 Å². The summed E-state index contributed by atoms with van der Waals surface area (Å²) in [6.45, 7) is 8.06. The van der Waals surface area contributed by atoms with Crippen molar-refractivity contribution in [3.63, 3.8) is 0 Å². The second-order valence-corrected chi connectivity index (χ2v) is 6.67. The van der Waals surface area contributed by atoms with Crippen LogP contribution in [0.1, 0.15) is 33.9 Å². The predicted molar refractivity (Wildman–Crippen MR) is 90.7 cm³/mol. The molecule has 9 heteroatoms. The summed E-state index contributed by atoms with van der Waals surface area (Å²) in [5, 5.41) is 10.8. The van der Waals surface area contributed by atoms with E-state index in [1.54, 1.807) is 10.9 Å². The van der Waals surface area contributed by atoms with Gasteiger partial charge in [-0.2, -0.15) is 0 Å². The average molecular weight is 351 g/mol. The number of hydrogen-bond acceptors (Lipinski definition) is 8. The van der Waals surface area contributed by atoms with E-state index in [1.165, 1.54) is 6.33 Å².